The summed E-state index contributed by atoms with van der Waals surface area (Å²) in [6.45, 7) is 9.50. The van der Waals surface area contributed by atoms with E-state index in [1.165, 1.54) is 12.1 Å². The second-order valence-electron chi connectivity index (χ2n) is 5.66. The number of alkyl halides is 3. The number of aliphatic imine (C=N–C) groups is 1. The average molecular weight is 394 g/mol. The molecule has 0 fully saturated rings. The summed E-state index contributed by atoms with van der Waals surface area (Å²) in [5, 5.41) is 2.65. The molecule has 7 heteroatoms. The largest absolute Gasteiger partial charge is 0.573 e. The van der Waals surface area contributed by atoms with Gasteiger partial charge >= 0.3 is 6.36 Å². The maximum absolute atomic E-state index is 12.3. The monoisotopic (exact) mass is 394 g/mol. The lowest BCUT2D eigenvalue weighted by Gasteiger charge is -2.14. The van der Waals surface area contributed by atoms with Gasteiger partial charge in [-0.3, -0.25) is 9.79 Å². The van der Waals surface area contributed by atoms with Crippen molar-refractivity contribution in [2.75, 3.05) is 13.6 Å². The van der Waals surface area contributed by atoms with Crippen LogP contribution in [0, 0.1) is 0 Å². The molecule has 0 atom stereocenters. The standard InChI is InChI=1S/C21H23F3N2O2.H2/c1-5-7-8-17(15(3)19(25-4)14-26-20(27)6-2)13-16-9-11-18(12-10-16)28-21(22,23)24;/h5-12H,2-3,13-14H2,1,4H3,(H,26,27);1H/b7-5-,17-8-,25-19?;. The molecule has 0 bridgehead atoms. The van der Waals surface area contributed by atoms with Crippen LogP contribution in [0.4, 0.5) is 13.2 Å². The number of ether oxygens (including phenoxy) is 1. The maximum Gasteiger partial charge on any atom is 0.573 e. The predicted octanol–water partition coefficient (Wildman–Crippen LogP) is 4.81. The molecule has 0 aliphatic rings. The zero-order chi connectivity index (χ0) is 21.2. The van der Waals surface area contributed by atoms with Gasteiger partial charge in [-0.2, -0.15) is 0 Å². The summed E-state index contributed by atoms with van der Waals surface area (Å²) in [4.78, 5) is 15.6. The highest BCUT2D eigenvalue weighted by Crippen LogP contribution is 2.24. The first-order valence-electron chi connectivity index (χ1n) is 8.42. The van der Waals surface area contributed by atoms with Crippen molar-refractivity contribution in [2.24, 2.45) is 4.99 Å². The zero-order valence-electron chi connectivity index (χ0n) is 15.8. The number of nitrogens with one attached hydrogen (secondary N) is 1. The van der Waals surface area contributed by atoms with Crippen LogP contribution in [0.3, 0.4) is 0 Å². The van der Waals surface area contributed by atoms with Gasteiger partial charge in [0.2, 0.25) is 5.91 Å². The molecule has 1 aromatic rings. The van der Waals surface area contributed by atoms with E-state index in [4.69, 9.17) is 0 Å². The van der Waals surface area contributed by atoms with Crippen molar-refractivity contribution in [1.29, 1.82) is 0 Å². The molecule has 0 aliphatic heterocycles. The van der Waals surface area contributed by atoms with Gasteiger partial charge in [0.1, 0.15) is 5.75 Å². The van der Waals surface area contributed by atoms with Crippen LogP contribution in [0.15, 0.2) is 77.9 Å². The molecule has 1 rings (SSSR count). The van der Waals surface area contributed by atoms with E-state index in [2.05, 4.69) is 28.2 Å². The molecule has 0 saturated heterocycles. The van der Waals surface area contributed by atoms with E-state index in [1.54, 1.807) is 19.2 Å². The van der Waals surface area contributed by atoms with Gasteiger partial charge in [0.15, 0.2) is 0 Å². The summed E-state index contributed by atoms with van der Waals surface area (Å²) in [6, 6.07) is 5.64. The van der Waals surface area contributed by atoms with E-state index in [1.807, 2.05) is 25.2 Å². The summed E-state index contributed by atoms with van der Waals surface area (Å²) in [5.41, 5.74) is 2.80. The molecule has 28 heavy (non-hydrogen) atoms. The Morgan fingerprint density at radius 2 is 1.96 bits per heavy atom. The smallest absolute Gasteiger partial charge is 0.406 e. The Bertz CT molecular complexity index is 795. The maximum atomic E-state index is 12.3. The number of carbonyl (C=O) groups is 1. The third-order valence-corrected chi connectivity index (χ3v) is 3.66. The highest BCUT2D eigenvalue weighted by molar-refractivity contribution is 6.06. The van der Waals surface area contributed by atoms with Gasteiger partial charge in [0, 0.05) is 8.47 Å². The Morgan fingerprint density at radius 3 is 2.46 bits per heavy atom. The summed E-state index contributed by atoms with van der Waals surface area (Å²) >= 11 is 0. The van der Waals surface area contributed by atoms with Gasteiger partial charge in [-0.25, -0.2) is 0 Å². The number of benzene rings is 1. The van der Waals surface area contributed by atoms with Crippen LogP contribution < -0.4 is 10.1 Å². The normalized spacial score (nSPS) is 12.8. The van der Waals surface area contributed by atoms with Gasteiger partial charge in [0.25, 0.3) is 0 Å². The van der Waals surface area contributed by atoms with Crippen molar-refractivity contribution in [3.63, 3.8) is 0 Å². The summed E-state index contributed by atoms with van der Waals surface area (Å²) < 4.78 is 40.7. The molecule has 0 aliphatic carbocycles. The molecule has 0 unspecified atom stereocenters. The minimum atomic E-state index is -4.73. The van der Waals surface area contributed by atoms with E-state index in [-0.39, 0.29) is 19.6 Å². The van der Waals surface area contributed by atoms with Crippen LogP contribution in [-0.2, 0) is 11.2 Å². The molecule has 0 spiro atoms. The second-order valence-corrected chi connectivity index (χ2v) is 5.66. The Kier molecular flexibility index (Phi) is 8.95. The van der Waals surface area contributed by atoms with Crippen molar-refractivity contribution in [3.8, 4) is 5.75 Å². The minimum absolute atomic E-state index is 0. The molecule has 1 amide bonds. The van der Waals surface area contributed by atoms with Gasteiger partial charge < -0.3 is 10.1 Å². The molecule has 0 heterocycles. The van der Waals surface area contributed by atoms with Crippen LogP contribution in [0.25, 0.3) is 0 Å². The molecular weight excluding hydrogens is 369 g/mol. The minimum Gasteiger partial charge on any atom is -0.406 e. The number of amides is 1. The Hall–Kier alpha value is -3.09. The first-order valence-corrected chi connectivity index (χ1v) is 8.42. The molecule has 0 aromatic heterocycles. The lowest BCUT2D eigenvalue weighted by atomic mass is 9.95. The molecule has 1 N–H and O–H groups in total. The summed E-state index contributed by atoms with van der Waals surface area (Å²) in [7, 11) is 1.59. The van der Waals surface area contributed by atoms with E-state index in [0.717, 1.165) is 17.2 Å². The van der Waals surface area contributed by atoms with Crippen molar-refractivity contribution in [2.45, 2.75) is 19.7 Å². The molecular formula is C21H25F3N2O2. The Balaban J connectivity index is 0.00000784. The SMILES string of the molecule is C=CC(=O)NCC(=NC)C(=C)/C(=C\C=C/C)Cc1ccc(OC(F)(F)F)cc1.[HH]. The fourth-order valence-corrected chi connectivity index (χ4v) is 2.26. The Labute approximate surface area is 164 Å². The first-order chi connectivity index (χ1) is 13.2. The van der Waals surface area contributed by atoms with Crippen molar-refractivity contribution < 1.29 is 24.1 Å². The van der Waals surface area contributed by atoms with Gasteiger partial charge in [-0.1, -0.05) is 43.5 Å². The van der Waals surface area contributed by atoms with Crippen LogP contribution in [0.5, 0.6) is 5.75 Å². The number of halogens is 3. The van der Waals surface area contributed by atoms with Crippen molar-refractivity contribution in [1.82, 2.24) is 5.32 Å². The van der Waals surface area contributed by atoms with Gasteiger partial charge in [-0.15, -0.1) is 13.2 Å². The average Bonchev–Trinajstić information content (AvgIpc) is 2.65. The fourth-order valence-electron chi connectivity index (χ4n) is 2.26. The van der Waals surface area contributed by atoms with Crippen LogP contribution in [-0.4, -0.2) is 31.6 Å². The van der Waals surface area contributed by atoms with E-state index in [0.29, 0.717) is 17.7 Å². The third kappa shape index (κ3) is 8.07. The van der Waals surface area contributed by atoms with Gasteiger partial charge in [-0.05, 0) is 48.3 Å². The van der Waals surface area contributed by atoms with E-state index >= 15 is 0 Å². The Morgan fingerprint density at radius 1 is 1.32 bits per heavy atom. The molecule has 0 saturated carbocycles. The molecule has 1 aromatic carbocycles. The quantitative estimate of drug-likeness (QED) is 0.371. The van der Waals surface area contributed by atoms with Gasteiger partial charge in [0.05, 0.1) is 12.3 Å². The van der Waals surface area contributed by atoms with Crippen molar-refractivity contribution in [3.05, 3.63) is 78.4 Å². The summed E-state index contributed by atoms with van der Waals surface area (Å²) in [5.74, 6) is -0.606. The molecule has 0 radical (unpaired) electrons. The zero-order valence-corrected chi connectivity index (χ0v) is 15.8. The number of nitrogens with zero attached hydrogens (tertiary/aromatic N) is 1. The van der Waals surface area contributed by atoms with E-state index in [9.17, 15) is 18.0 Å². The van der Waals surface area contributed by atoms with Crippen LogP contribution in [0.2, 0.25) is 0 Å². The fraction of sp³-hybridized carbons (Fsp3) is 0.238. The summed E-state index contributed by atoms with van der Waals surface area (Å²) in [6.07, 6.45) is 2.38. The number of hydrogen-bond donors (Lipinski definition) is 1. The van der Waals surface area contributed by atoms with Crippen LogP contribution >= 0.6 is 0 Å². The topological polar surface area (TPSA) is 50.7 Å². The van der Waals surface area contributed by atoms with Crippen LogP contribution in [0.1, 0.15) is 13.9 Å². The number of carbonyl (C=O) groups excluding carboxylic acids is 1. The lowest BCUT2D eigenvalue weighted by molar-refractivity contribution is -0.274. The highest BCUT2D eigenvalue weighted by atomic mass is 19.4. The number of allylic oxidation sites excluding steroid dienone is 4. The highest BCUT2D eigenvalue weighted by Gasteiger charge is 2.30. The number of hydrogen-bond acceptors (Lipinski definition) is 3. The van der Waals surface area contributed by atoms with E-state index < -0.39 is 6.36 Å². The lowest BCUT2D eigenvalue weighted by Crippen LogP contribution is -2.29. The predicted molar refractivity (Wildman–Crippen MR) is 108 cm³/mol. The van der Waals surface area contributed by atoms with Crippen molar-refractivity contribution >= 4 is 11.6 Å². The molecule has 4 nitrogen and oxygen atoms in total. The molecule has 152 valence electrons. The number of rotatable bonds is 9. The second kappa shape index (κ2) is 10.9. The third-order valence-electron chi connectivity index (χ3n) is 3.66. The first kappa shape index (κ1) is 23.0.